The summed E-state index contributed by atoms with van der Waals surface area (Å²) in [6.45, 7) is 3.32. The number of ether oxygens (including phenoxy) is 1. The number of allylic oxidation sites excluding steroid dienone is 4. The van der Waals surface area contributed by atoms with Crippen molar-refractivity contribution in [2.24, 2.45) is 17.3 Å². The smallest absolute Gasteiger partial charge is 0.394 e. The molecule has 39 heavy (non-hydrogen) atoms. The number of ketones is 1. The van der Waals surface area contributed by atoms with Crippen molar-refractivity contribution < 1.29 is 41.7 Å². The SMILES string of the molecule is CC(OCCO)c1ccc([C@H]2C[C@@]3(C)[C@@H](CC[C@@]3(O)C(F)(F)C(F)(F)F)[C@@H]3CCC4=CC(=O)CCC4=C32)cc1. The second-order valence-corrected chi connectivity index (χ2v) is 11.9. The van der Waals surface area contributed by atoms with Crippen molar-refractivity contribution in [3.8, 4) is 0 Å². The number of halogens is 5. The molecule has 6 atom stereocenters. The highest BCUT2D eigenvalue weighted by atomic mass is 19.4. The number of alkyl halides is 5. The Hall–Kier alpha value is -2.10. The van der Waals surface area contributed by atoms with Crippen LogP contribution in [-0.4, -0.2) is 46.9 Å². The van der Waals surface area contributed by atoms with E-state index in [-0.39, 0.29) is 43.9 Å². The molecule has 0 aromatic heterocycles. The molecule has 0 aliphatic heterocycles. The van der Waals surface area contributed by atoms with Crippen LogP contribution in [-0.2, 0) is 9.53 Å². The predicted molar refractivity (Wildman–Crippen MR) is 134 cm³/mol. The van der Waals surface area contributed by atoms with Gasteiger partial charge in [-0.3, -0.25) is 4.79 Å². The first-order valence-electron chi connectivity index (χ1n) is 13.7. The summed E-state index contributed by atoms with van der Waals surface area (Å²) in [6.07, 6.45) is -3.09. The Bertz CT molecular complexity index is 1190. The van der Waals surface area contributed by atoms with Crippen molar-refractivity contribution in [2.75, 3.05) is 13.2 Å². The molecule has 214 valence electrons. The highest BCUT2D eigenvalue weighted by Gasteiger charge is 2.79. The van der Waals surface area contributed by atoms with Gasteiger partial charge in [0.25, 0.3) is 0 Å². The minimum atomic E-state index is -5.87. The van der Waals surface area contributed by atoms with E-state index in [1.165, 1.54) is 6.92 Å². The van der Waals surface area contributed by atoms with Gasteiger partial charge in [0.2, 0.25) is 0 Å². The molecule has 2 fully saturated rings. The third-order valence-corrected chi connectivity index (χ3v) is 10.0. The summed E-state index contributed by atoms with van der Waals surface area (Å²) in [4.78, 5) is 12.2. The molecule has 2 N–H and O–H groups in total. The van der Waals surface area contributed by atoms with Crippen molar-refractivity contribution >= 4 is 5.78 Å². The Morgan fingerprint density at radius 3 is 2.41 bits per heavy atom. The summed E-state index contributed by atoms with van der Waals surface area (Å²) < 4.78 is 76.8. The Kier molecular flexibility index (Phi) is 7.12. The van der Waals surface area contributed by atoms with E-state index in [0.29, 0.717) is 25.7 Å². The summed E-state index contributed by atoms with van der Waals surface area (Å²) in [6, 6.07) is 7.41. The zero-order chi connectivity index (χ0) is 28.4. The van der Waals surface area contributed by atoms with Crippen LogP contribution >= 0.6 is 0 Å². The third kappa shape index (κ3) is 4.30. The van der Waals surface area contributed by atoms with E-state index in [9.17, 15) is 23.1 Å². The fourth-order valence-electron chi connectivity index (χ4n) is 8.04. The van der Waals surface area contributed by atoms with Crippen LogP contribution in [0.15, 0.2) is 47.1 Å². The number of carbonyl (C=O) groups is 1. The van der Waals surface area contributed by atoms with Gasteiger partial charge in [0, 0.05) is 17.8 Å². The van der Waals surface area contributed by atoms with Crippen LogP contribution in [0.4, 0.5) is 22.0 Å². The van der Waals surface area contributed by atoms with E-state index in [0.717, 1.165) is 27.8 Å². The largest absolute Gasteiger partial charge is 0.456 e. The molecule has 4 aliphatic rings. The summed E-state index contributed by atoms with van der Waals surface area (Å²) >= 11 is 0. The van der Waals surface area contributed by atoms with E-state index in [1.807, 2.05) is 31.2 Å². The lowest BCUT2D eigenvalue weighted by molar-refractivity contribution is -0.362. The molecule has 2 saturated carbocycles. The molecule has 5 rings (SSSR count). The van der Waals surface area contributed by atoms with Crippen LogP contribution in [0.2, 0.25) is 0 Å². The first-order valence-corrected chi connectivity index (χ1v) is 13.7. The fourth-order valence-corrected chi connectivity index (χ4v) is 8.04. The predicted octanol–water partition coefficient (Wildman–Crippen LogP) is 6.58. The Morgan fingerprint density at radius 1 is 1.08 bits per heavy atom. The molecule has 4 aliphatic carbocycles. The summed E-state index contributed by atoms with van der Waals surface area (Å²) in [5.41, 5.74) is -0.241. The van der Waals surface area contributed by atoms with Crippen molar-refractivity contribution in [2.45, 2.75) is 88.5 Å². The number of aliphatic hydroxyl groups excluding tert-OH is 1. The van der Waals surface area contributed by atoms with Gasteiger partial charge in [0.1, 0.15) is 5.60 Å². The van der Waals surface area contributed by atoms with Gasteiger partial charge in [0.15, 0.2) is 5.78 Å². The van der Waals surface area contributed by atoms with Crippen LogP contribution in [0, 0.1) is 17.3 Å². The highest BCUT2D eigenvalue weighted by molar-refractivity contribution is 5.93. The molecule has 0 bridgehead atoms. The normalized spacial score (nSPS) is 33.8. The number of benzene rings is 1. The molecule has 4 nitrogen and oxygen atoms in total. The molecule has 1 unspecified atom stereocenters. The molecule has 0 saturated heterocycles. The summed E-state index contributed by atoms with van der Waals surface area (Å²) in [7, 11) is 0. The molecule has 0 heterocycles. The van der Waals surface area contributed by atoms with Crippen molar-refractivity contribution in [1.82, 2.24) is 0 Å². The quantitative estimate of drug-likeness (QED) is 0.390. The van der Waals surface area contributed by atoms with Gasteiger partial charge < -0.3 is 14.9 Å². The minimum absolute atomic E-state index is 0.0475. The highest BCUT2D eigenvalue weighted by Crippen LogP contribution is 2.70. The van der Waals surface area contributed by atoms with Gasteiger partial charge in [-0.2, -0.15) is 22.0 Å². The number of aliphatic hydroxyl groups is 2. The van der Waals surface area contributed by atoms with Gasteiger partial charge in [0.05, 0.1) is 19.3 Å². The maximum atomic E-state index is 15.1. The number of hydrogen-bond donors (Lipinski definition) is 2. The molecule has 0 spiro atoms. The van der Waals surface area contributed by atoms with E-state index in [1.54, 1.807) is 6.08 Å². The van der Waals surface area contributed by atoms with E-state index < -0.39 is 41.4 Å². The summed E-state index contributed by atoms with van der Waals surface area (Å²) in [5, 5.41) is 20.4. The maximum absolute atomic E-state index is 15.1. The van der Waals surface area contributed by atoms with Crippen molar-refractivity contribution in [1.29, 1.82) is 0 Å². The lowest BCUT2D eigenvalue weighted by Crippen LogP contribution is -2.65. The molecule has 0 radical (unpaired) electrons. The average Bonchev–Trinajstić information content (AvgIpc) is 3.17. The van der Waals surface area contributed by atoms with Crippen LogP contribution in [0.3, 0.4) is 0 Å². The minimum Gasteiger partial charge on any atom is -0.394 e. The second kappa shape index (κ2) is 9.77. The van der Waals surface area contributed by atoms with E-state index in [4.69, 9.17) is 9.84 Å². The second-order valence-electron chi connectivity index (χ2n) is 11.9. The van der Waals surface area contributed by atoms with Crippen LogP contribution in [0.5, 0.6) is 0 Å². The molecule has 1 aromatic rings. The van der Waals surface area contributed by atoms with Gasteiger partial charge in [-0.05, 0) is 85.6 Å². The topological polar surface area (TPSA) is 66.8 Å². The summed E-state index contributed by atoms with van der Waals surface area (Å²) in [5.74, 6) is -6.46. The molecule has 9 heteroatoms. The maximum Gasteiger partial charge on any atom is 0.456 e. The van der Waals surface area contributed by atoms with Gasteiger partial charge in [-0.25, -0.2) is 0 Å². The standard InChI is InChI=1S/C30H35F5O4/c1-17(39-14-13-36)18-3-5-19(6-4-18)24-16-27(2)25(11-12-28(27,38)29(31,32)30(33,34)35)23-9-7-20-15-21(37)8-10-22(20)26(23)24/h3-6,15,17,23-25,36,38H,7-14,16H2,1-2H3/t17?,23-,24+,25-,27-,28-/m0/s1. The number of fused-ring (bicyclic) bond motifs is 4. The van der Waals surface area contributed by atoms with Gasteiger partial charge >= 0.3 is 12.1 Å². The van der Waals surface area contributed by atoms with Crippen LogP contribution < -0.4 is 0 Å². The van der Waals surface area contributed by atoms with Gasteiger partial charge in [-0.15, -0.1) is 0 Å². The van der Waals surface area contributed by atoms with E-state index >= 15 is 8.78 Å². The average molecular weight is 555 g/mol. The van der Waals surface area contributed by atoms with Crippen molar-refractivity contribution in [3.05, 3.63) is 58.2 Å². The molecule has 0 amide bonds. The monoisotopic (exact) mass is 554 g/mol. The number of hydrogen-bond acceptors (Lipinski definition) is 4. The van der Waals surface area contributed by atoms with E-state index in [2.05, 4.69) is 0 Å². The Morgan fingerprint density at radius 2 is 1.77 bits per heavy atom. The number of carbonyl (C=O) groups excluding carboxylic acids is 1. The van der Waals surface area contributed by atoms with Gasteiger partial charge in [-0.1, -0.05) is 36.8 Å². The zero-order valence-electron chi connectivity index (χ0n) is 22.2. The molecular weight excluding hydrogens is 519 g/mol. The Balaban J connectivity index is 1.62. The zero-order valence-corrected chi connectivity index (χ0v) is 22.2. The Labute approximate surface area is 224 Å². The lowest BCUT2D eigenvalue weighted by Gasteiger charge is -2.56. The van der Waals surface area contributed by atoms with Crippen LogP contribution in [0.1, 0.15) is 81.9 Å². The fraction of sp³-hybridized carbons (Fsp3) is 0.633. The van der Waals surface area contributed by atoms with Crippen LogP contribution in [0.25, 0.3) is 0 Å². The molecular formula is C30H35F5O4. The first kappa shape index (κ1) is 28.4. The molecule has 1 aromatic carbocycles. The first-order chi connectivity index (χ1) is 18.2. The number of rotatable bonds is 6. The van der Waals surface area contributed by atoms with Crippen molar-refractivity contribution in [3.63, 3.8) is 0 Å². The lowest BCUT2D eigenvalue weighted by atomic mass is 9.50. The third-order valence-electron chi connectivity index (χ3n) is 10.0.